The van der Waals surface area contributed by atoms with Crippen molar-refractivity contribution < 1.29 is 0 Å². The first-order chi connectivity index (χ1) is 6.77. The minimum Gasteiger partial charge on any atom is -0.368 e. The molecule has 0 aliphatic carbocycles. The van der Waals surface area contributed by atoms with Gasteiger partial charge >= 0.3 is 0 Å². The summed E-state index contributed by atoms with van der Waals surface area (Å²) in [4.78, 5) is 4.07. The second kappa shape index (κ2) is 5.26. The van der Waals surface area contributed by atoms with Gasteiger partial charge < -0.3 is 5.32 Å². The van der Waals surface area contributed by atoms with Crippen molar-refractivity contribution in [3.05, 3.63) is 22.3 Å². The van der Waals surface area contributed by atoms with E-state index in [1.54, 1.807) is 12.3 Å². The summed E-state index contributed by atoms with van der Waals surface area (Å²) in [5, 5.41) is 11.8. The molecule has 0 amide bonds. The predicted molar refractivity (Wildman–Crippen MR) is 58.6 cm³/mol. The zero-order chi connectivity index (χ0) is 10.4. The fourth-order valence-electron chi connectivity index (χ4n) is 0.918. The third-order valence-corrected chi connectivity index (χ3v) is 1.97. The van der Waals surface area contributed by atoms with Gasteiger partial charge in [-0.3, -0.25) is 0 Å². The molecule has 1 heterocycles. The molecule has 0 aliphatic rings. The highest BCUT2D eigenvalue weighted by Crippen LogP contribution is 2.16. The van der Waals surface area contributed by atoms with Crippen LogP contribution in [0.3, 0.4) is 0 Å². The Kier molecular flexibility index (Phi) is 3.97. The van der Waals surface area contributed by atoms with Gasteiger partial charge in [0.2, 0.25) is 0 Å². The molecule has 1 rings (SSSR count). The standard InChI is InChI=1S/C10H8BrN3/c1-2-3-4-13-10-8(6-12)5-9(11)7-14-10/h1,5,7H,3-4H2,(H,13,14). The zero-order valence-corrected chi connectivity index (χ0v) is 9.00. The molecule has 0 aliphatic heterocycles. The second-order valence-corrected chi connectivity index (χ2v) is 3.46. The lowest BCUT2D eigenvalue weighted by atomic mass is 10.3. The number of halogens is 1. The molecule has 0 bridgehead atoms. The largest absolute Gasteiger partial charge is 0.368 e. The Morgan fingerprint density at radius 1 is 1.64 bits per heavy atom. The molecule has 4 heteroatoms. The van der Waals surface area contributed by atoms with Gasteiger partial charge in [-0.1, -0.05) is 0 Å². The van der Waals surface area contributed by atoms with E-state index in [9.17, 15) is 0 Å². The Hall–Kier alpha value is -1.52. The molecule has 0 spiro atoms. The van der Waals surface area contributed by atoms with Crippen LogP contribution in [0, 0.1) is 23.7 Å². The molecule has 1 N–H and O–H groups in total. The van der Waals surface area contributed by atoms with Gasteiger partial charge in [-0.25, -0.2) is 4.98 Å². The number of rotatable bonds is 3. The Balaban J connectivity index is 2.78. The number of nitrogens with zero attached hydrogens (tertiary/aromatic N) is 2. The summed E-state index contributed by atoms with van der Waals surface area (Å²) in [5.74, 6) is 3.08. The minimum atomic E-state index is 0.511. The number of aromatic nitrogens is 1. The molecule has 3 nitrogen and oxygen atoms in total. The van der Waals surface area contributed by atoms with Gasteiger partial charge in [0.15, 0.2) is 0 Å². The molecule has 0 radical (unpaired) electrons. The molecule has 0 fully saturated rings. The highest BCUT2D eigenvalue weighted by molar-refractivity contribution is 9.10. The lowest BCUT2D eigenvalue weighted by Crippen LogP contribution is -2.04. The molecular formula is C10H8BrN3. The molecule has 1 aromatic rings. The first-order valence-electron chi connectivity index (χ1n) is 4.01. The fraction of sp³-hybridized carbons (Fsp3) is 0.200. The smallest absolute Gasteiger partial charge is 0.144 e. The molecule has 0 unspecified atom stereocenters. The summed E-state index contributed by atoms with van der Waals surface area (Å²) in [6.45, 7) is 0.625. The van der Waals surface area contributed by atoms with Crippen molar-refractivity contribution in [3.63, 3.8) is 0 Å². The first-order valence-corrected chi connectivity index (χ1v) is 4.80. The maximum Gasteiger partial charge on any atom is 0.144 e. The molecule has 70 valence electrons. The van der Waals surface area contributed by atoms with Crippen LogP contribution in [0.25, 0.3) is 0 Å². The van der Waals surface area contributed by atoms with Crippen LogP contribution in [0.4, 0.5) is 5.82 Å². The van der Waals surface area contributed by atoms with Gasteiger partial charge in [0, 0.05) is 23.6 Å². The fourth-order valence-corrected chi connectivity index (χ4v) is 1.25. The first kappa shape index (κ1) is 10.6. The van der Waals surface area contributed by atoms with Crippen LogP contribution in [0.5, 0.6) is 0 Å². The van der Waals surface area contributed by atoms with Crippen molar-refractivity contribution in [2.45, 2.75) is 6.42 Å². The molecule has 0 saturated carbocycles. The highest BCUT2D eigenvalue weighted by Gasteiger charge is 2.02. The molecule has 0 saturated heterocycles. The number of terminal acetylenes is 1. The Morgan fingerprint density at radius 2 is 2.43 bits per heavy atom. The molecule has 0 aromatic carbocycles. The number of hydrogen-bond donors (Lipinski definition) is 1. The SMILES string of the molecule is C#CCCNc1ncc(Br)cc1C#N. The van der Waals surface area contributed by atoms with E-state index in [1.165, 1.54) is 0 Å². The van der Waals surface area contributed by atoms with E-state index in [2.05, 4.69) is 38.2 Å². The zero-order valence-electron chi connectivity index (χ0n) is 7.42. The normalized spacial score (nSPS) is 8.79. The van der Waals surface area contributed by atoms with E-state index in [4.69, 9.17) is 11.7 Å². The van der Waals surface area contributed by atoms with Crippen LogP contribution in [-0.2, 0) is 0 Å². The van der Waals surface area contributed by atoms with Gasteiger partial charge in [0.25, 0.3) is 0 Å². The van der Waals surface area contributed by atoms with E-state index in [0.717, 1.165) is 4.47 Å². The van der Waals surface area contributed by atoms with E-state index in [0.29, 0.717) is 24.3 Å². The number of nitrogens with one attached hydrogen (secondary N) is 1. The lowest BCUT2D eigenvalue weighted by Gasteiger charge is -2.04. The van der Waals surface area contributed by atoms with Gasteiger partial charge in [0.1, 0.15) is 11.9 Å². The number of anilines is 1. The van der Waals surface area contributed by atoms with Crippen LogP contribution >= 0.6 is 15.9 Å². The average molecular weight is 250 g/mol. The van der Waals surface area contributed by atoms with Crippen molar-refractivity contribution in [2.24, 2.45) is 0 Å². The van der Waals surface area contributed by atoms with Crippen LogP contribution in [0.15, 0.2) is 16.7 Å². The molecule has 1 aromatic heterocycles. The number of nitriles is 1. The summed E-state index contributed by atoms with van der Waals surface area (Å²) in [5.41, 5.74) is 0.511. The van der Waals surface area contributed by atoms with Gasteiger partial charge in [-0.2, -0.15) is 5.26 Å². The Bertz CT molecular complexity index is 401. The van der Waals surface area contributed by atoms with Crippen molar-refractivity contribution in [1.82, 2.24) is 4.98 Å². The van der Waals surface area contributed by atoms with Crippen LogP contribution in [0.1, 0.15) is 12.0 Å². The third kappa shape index (κ3) is 2.76. The van der Waals surface area contributed by atoms with Crippen molar-refractivity contribution >= 4 is 21.7 Å². The van der Waals surface area contributed by atoms with Gasteiger partial charge in [-0.05, 0) is 22.0 Å². The lowest BCUT2D eigenvalue weighted by molar-refractivity contribution is 1.07. The summed E-state index contributed by atoms with van der Waals surface area (Å²) in [7, 11) is 0. The van der Waals surface area contributed by atoms with Crippen molar-refractivity contribution in [2.75, 3.05) is 11.9 Å². The van der Waals surface area contributed by atoms with Crippen molar-refractivity contribution in [3.8, 4) is 18.4 Å². The van der Waals surface area contributed by atoms with Gasteiger partial charge in [0.05, 0.1) is 5.56 Å². The predicted octanol–water partition coefficient (Wildman–Crippen LogP) is 2.15. The topological polar surface area (TPSA) is 48.7 Å². The Morgan fingerprint density at radius 3 is 3.07 bits per heavy atom. The quantitative estimate of drug-likeness (QED) is 0.660. The summed E-state index contributed by atoms with van der Waals surface area (Å²) in [6, 6.07) is 3.77. The monoisotopic (exact) mass is 249 g/mol. The van der Waals surface area contributed by atoms with E-state index in [1.807, 2.05) is 0 Å². The minimum absolute atomic E-state index is 0.511. The van der Waals surface area contributed by atoms with E-state index < -0.39 is 0 Å². The van der Waals surface area contributed by atoms with Crippen LogP contribution < -0.4 is 5.32 Å². The number of pyridine rings is 1. The van der Waals surface area contributed by atoms with Crippen molar-refractivity contribution in [1.29, 1.82) is 5.26 Å². The van der Waals surface area contributed by atoms with Gasteiger partial charge in [-0.15, -0.1) is 12.3 Å². The summed E-state index contributed by atoms with van der Waals surface area (Å²) < 4.78 is 0.788. The summed E-state index contributed by atoms with van der Waals surface area (Å²) in [6.07, 6.45) is 7.36. The molecular weight excluding hydrogens is 242 g/mol. The highest BCUT2D eigenvalue weighted by atomic mass is 79.9. The second-order valence-electron chi connectivity index (χ2n) is 2.54. The maximum atomic E-state index is 8.81. The molecule has 14 heavy (non-hydrogen) atoms. The van der Waals surface area contributed by atoms with Crippen LogP contribution in [0.2, 0.25) is 0 Å². The maximum absolute atomic E-state index is 8.81. The number of hydrogen-bond acceptors (Lipinski definition) is 3. The van der Waals surface area contributed by atoms with Crippen LogP contribution in [-0.4, -0.2) is 11.5 Å². The summed E-state index contributed by atoms with van der Waals surface area (Å²) >= 11 is 3.25. The average Bonchev–Trinajstić information content (AvgIpc) is 2.20. The van der Waals surface area contributed by atoms with E-state index >= 15 is 0 Å². The Labute approximate surface area is 91.3 Å². The third-order valence-electron chi connectivity index (χ3n) is 1.54. The molecule has 0 atom stereocenters. The van der Waals surface area contributed by atoms with E-state index in [-0.39, 0.29) is 0 Å².